The zero-order valence-corrected chi connectivity index (χ0v) is 12.0. The molecule has 1 aliphatic carbocycles. The molecule has 1 aromatic carbocycles. The predicted molar refractivity (Wildman–Crippen MR) is 81.6 cm³/mol. The molecular weight excluding hydrogens is 287 g/mol. The maximum atomic E-state index is 13.5. The largest absolute Gasteiger partial charge is 0.367 e. The Morgan fingerprint density at radius 2 is 2.14 bits per heavy atom. The van der Waals surface area contributed by atoms with Gasteiger partial charge in [-0.1, -0.05) is 17.3 Å². The van der Waals surface area contributed by atoms with Crippen LogP contribution >= 0.6 is 11.3 Å². The first-order chi connectivity index (χ1) is 10.2. The Morgan fingerprint density at radius 1 is 1.24 bits per heavy atom. The molecule has 21 heavy (non-hydrogen) atoms. The number of nitrogen functional groups attached to an aromatic ring is 1. The highest BCUT2D eigenvalue weighted by molar-refractivity contribution is 7.15. The van der Waals surface area contributed by atoms with Crippen molar-refractivity contribution in [2.75, 3.05) is 5.73 Å². The topological polar surface area (TPSA) is 52.0 Å². The average Bonchev–Trinajstić information content (AvgIpc) is 3.11. The molecular formula is C16H13FN2OS. The first kappa shape index (κ1) is 12.6. The van der Waals surface area contributed by atoms with Crippen molar-refractivity contribution in [2.24, 2.45) is 0 Å². The number of nitrogens with zero attached hydrogens (tertiary/aromatic N) is 1. The van der Waals surface area contributed by atoms with Gasteiger partial charge in [0.15, 0.2) is 0 Å². The van der Waals surface area contributed by atoms with Crippen molar-refractivity contribution >= 4 is 17.2 Å². The van der Waals surface area contributed by atoms with Crippen molar-refractivity contribution in [1.29, 1.82) is 0 Å². The number of hydrogen-bond donors (Lipinski definition) is 1. The molecule has 3 nitrogen and oxygen atoms in total. The zero-order valence-electron chi connectivity index (χ0n) is 11.2. The summed E-state index contributed by atoms with van der Waals surface area (Å²) < 4.78 is 18.6. The van der Waals surface area contributed by atoms with Gasteiger partial charge in [-0.25, -0.2) is 4.39 Å². The number of aromatic nitrogens is 1. The van der Waals surface area contributed by atoms with E-state index >= 15 is 0 Å². The summed E-state index contributed by atoms with van der Waals surface area (Å²) in [5.74, 6) is -0.0723. The second kappa shape index (κ2) is 4.70. The van der Waals surface area contributed by atoms with Crippen LogP contribution in [0, 0.1) is 5.82 Å². The molecule has 0 aliphatic heterocycles. The molecule has 2 N–H and O–H groups in total. The minimum absolute atomic E-state index is 0.226. The molecule has 0 saturated carbocycles. The van der Waals surface area contributed by atoms with Gasteiger partial charge >= 0.3 is 0 Å². The lowest BCUT2D eigenvalue weighted by molar-refractivity contribution is 0.439. The fourth-order valence-corrected chi connectivity index (χ4v) is 4.08. The Labute approximate surface area is 125 Å². The SMILES string of the molecule is Nc1onc(-c2cc3c(s2)CCC3)c1-c1cccc(F)c1. The van der Waals surface area contributed by atoms with E-state index in [1.807, 2.05) is 6.07 Å². The van der Waals surface area contributed by atoms with Gasteiger partial charge in [0, 0.05) is 4.88 Å². The normalized spacial score (nSPS) is 13.6. The molecule has 2 heterocycles. The molecule has 0 unspecified atom stereocenters. The monoisotopic (exact) mass is 300 g/mol. The maximum absolute atomic E-state index is 13.5. The number of anilines is 1. The molecule has 4 rings (SSSR count). The van der Waals surface area contributed by atoms with E-state index in [2.05, 4.69) is 11.2 Å². The molecule has 0 saturated heterocycles. The summed E-state index contributed by atoms with van der Waals surface area (Å²) in [7, 11) is 0. The Hall–Kier alpha value is -2.14. The summed E-state index contributed by atoms with van der Waals surface area (Å²) in [5.41, 5.74) is 9.37. The van der Waals surface area contributed by atoms with Crippen LogP contribution in [0.5, 0.6) is 0 Å². The van der Waals surface area contributed by atoms with E-state index in [0.717, 1.165) is 17.7 Å². The number of benzene rings is 1. The standard InChI is InChI=1S/C16H13FN2OS/c17-11-5-1-4-10(7-11)14-15(19-20-16(14)18)13-8-9-3-2-6-12(9)21-13/h1,4-5,7-8H,2-3,6,18H2. The fourth-order valence-electron chi connectivity index (χ4n) is 2.84. The molecule has 2 aromatic heterocycles. The van der Waals surface area contributed by atoms with E-state index in [1.165, 1.54) is 29.0 Å². The number of nitrogens with two attached hydrogens (primary N) is 1. The summed E-state index contributed by atoms with van der Waals surface area (Å²) in [6.07, 6.45) is 3.47. The van der Waals surface area contributed by atoms with Crippen molar-refractivity contribution in [1.82, 2.24) is 5.16 Å². The Morgan fingerprint density at radius 3 is 2.95 bits per heavy atom. The van der Waals surface area contributed by atoms with Crippen LogP contribution in [0.4, 0.5) is 10.3 Å². The van der Waals surface area contributed by atoms with Gasteiger partial charge in [0.1, 0.15) is 11.5 Å². The van der Waals surface area contributed by atoms with Crippen LogP contribution in [0.2, 0.25) is 0 Å². The Kier molecular flexibility index (Phi) is 2.82. The lowest BCUT2D eigenvalue weighted by atomic mass is 10.0. The quantitative estimate of drug-likeness (QED) is 0.768. The third-order valence-electron chi connectivity index (χ3n) is 3.81. The highest BCUT2D eigenvalue weighted by Gasteiger charge is 2.22. The number of aryl methyl sites for hydroxylation is 2. The predicted octanol–water partition coefficient (Wildman–Crippen LogP) is 4.28. The summed E-state index contributed by atoms with van der Waals surface area (Å²) in [6.45, 7) is 0. The summed E-state index contributed by atoms with van der Waals surface area (Å²) in [6, 6.07) is 8.50. The van der Waals surface area contributed by atoms with Gasteiger partial charge in [0.2, 0.25) is 5.88 Å². The highest BCUT2D eigenvalue weighted by Crippen LogP contribution is 2.42. The molecule has 0 spiro atoms. The number of fused-ring (bicyclic) bond motifs is 1. The van der Waals surface area contributed by atoms with Gasteiger partial charge in [-0.15, -0.1) is 11.3 Å². The van der Waals surface area contributed by atoms with Gasteiger partial charge in [-0.2, -0.15) is 0 Å². The van der Waals surface area contributed by atoms with Crippen molar-refractivity contribution in [3.8, 4) is 21.7 Å². The van der Waals surface area contributed by atoms with Crippen LogP contribution in [-0.4, -0.2) is 5.16 Å². The third kappa shape index (κ3) is 2.05. The lowest BCUT2D eigenvalue weighted by Gasteiger charge is -2.01. The molecule has 0 fully saturated rings. The van der Waals surface area contributed by atoms with E-state index in [0.29, 0.717) is 16.8 Å². The summed E-state index contributed by atoms with van der Waals surface area (Å²) in [4.78, 5) is 2.45. The number of halogens is 1. The second-order valence-corrected chi connectivity index (χ2v) is 6.33. The van der Waals surface area contributed by atoms with E-state index in [4.69, 9.17) is 10.3 Å². The summed E-state index contributed by atoms with van der Waals surface area (Å²) >= 11 is 1.73. The Balaban J connectivity index is 1.86. The van der Waals surface area contributed by atoms with Gasteiger partial charge in [0.25, 0.3) is 0 Å². The van der Waals surface area contributed by atoms with Crippen LogP contribution < -0.4 is 5.73 Å². The molecule has 1 aliphatic rings. The van der Waals surface area contributed by atoms with E-state index in [9.17, 15) is 4.39 Å². The van der Waals surface area contributed by atoms with Crippen molar-refractivity contribution in [2.45, 2.75) is 19.3 Å². The van der Waals surface area contributed by atoms with Gasteiger partial charge in [-0.05, 0) is 48.6 Å². The lowest BCUT2D eigenvalue weighted by Crippen LogP contribution is -1.87. The number of rotatable bonds is 2. The van der Waals surface area contributed by atoms with Crippen molar-refractivity contribution in [3.63, 3.8) is 0 Å². The first-order valence-electron chi connectivity index (χ1n) is 6.85. The smallest absolute Gasteiger partial charge is 0.230 e. The molecule has 0 amide bonds. The maximum Gasteiger partial charge on any atom is 0.230 e. The second-order valence-electron chi connectivity index (χ2n) is 5.19. The zero-order chi connectivity index (χ0) is 14.4. The molecule has 0 radical (unpaired) electrons. The molecule has 106 valence electrons. The molecule has 0 atom stereocenters. The third-order valence-corrected chi connectivity index (χ3v) is 5.06. The van der Waals surface area contributed by atoms with Gasteiger partial charge in [-0.3, -0.25) is 0 Å². The Bertz CT molecular complexity index is 800. The van der Waals surface area contributed by atoms with Crippen LogP contribution in [0.25, 0.3) is 21.7 Å². The van der Waals surface area contributed by atoms with Crippen LogP contribution in [-0.2, 0) is 12.8 Å². The van der Waals surface area contributed by atoms with E-state index in [1.54, 1.807) is 17.4 Å². The average molecular weight is 300 g/mol. The van der Waals surface area contributed by atoms with E-state index < -0.39 is 0 Å². The van der Waals surface area contributed by atoms with E-state index in [-0.39, 0.29) is 11.7 Å². The summed E-state index contributed by atoms with van der Waals surface area (Å²) in [5, 5.41) is 4.09. The van der Waals surface area contributed by atoms with Gasteiger partial charge in [0.05, 0.1) is 10.4 Å². The fraction of sp³-hybridized carbons (Fsp3) is 0.188. The molecule has 0 bridgehead atoms. The van der Waals surface area contributed by atoms with Crippen LogP contribution in [0.1, 0.15) is 16.9 Å². The minimum atomic E-state index is -0.298. The van der Waals surface area contributed by atoms with Crippen molar-refractivity contribution < 1.29 is 8.91 Å². The van der Waals surface area contributed by atoms with Gasteiger partial charge < -0.3 is 10.3 Å². The van der Waals surface area contributed by atoms with Crippen molar-refractivity contribution in [3.05, 3.63) is 46.6 Å². The van der Waals surface area contributed by atoms with Crippen LogP contribution in [0.15, 0.2) is 34.9 Å². The molecule has 3 aromatic rings. The minimum Gasteiger partial charge on any atom is -0.367 e. The first-order valence-corrected chi connectivity index (χ1v) is 7.67. The van der Waals surface area contributed by atoms with Crippen LogP contribution in [0.3, 0.4) is 0 Å². The highest BCUT2D eigenvalue weighted by atomic mass is 32.1. The molecule has 5 heteroatoms. The number of hydrogen-bond acceptors (Lipinski definition) is 4. The number of thiophene rings is 1.